The smallest absolute Gasteiger partial charge is 0.311 e. The molecule has 1 unspecified atom stereocenters. The van der Waals surface area contributed by atoms with Crippen LogP contribution < -0.4 is 4.74 Å². The normalized spacial score (nSPS) is 19.7. The van der Waals surface area contributed by atoms with Gasteiger partial charge in [-0.1, -0.05) is 32.1 Å². The first-order valence-corrected chi connectivity index (χ1v) is 10.7. The third-order valence-electron chi connectivity index (χ3n) is 5.17. The van der Waals surface area contributed by atoms with E-state index in [2.05, 4.69) is 31.9 Å². The second kappa shape index (κ2) is 9.05. The molecule has 1 aliphatic rings. The zero-order valence-corrected chi connectivity index (χ0v) is 19.5. The summed E-state index contributed by atoms with van der Waals surface area (Å²) in [4.78, 5) is 12.7. The van der Waals surface area contributed by atoms with Gasteiger partial charge in [0.2, 0.25) is 6.10 Å². The van der Waals surface area contributed by atoms with Crippen molar-refractivity contribution in [3.05, 3.63) is 68.9 Å². The number of carbonyl (C=O) groups is 1. The van der Waals surface area contributed by atoms with Crippen molar-refractivity contribution in [3.8, 4) is 17.6 Å². The first-order valence-electron chi connectivity index (χ1n) is 9.10. The molecule has 162 valence electrons. The van der Waals surface area contributed by atoms with Gasteiger partial charge in [-0.3, -0.25) is 4.79 Å². The van der Waals surface area contributed by atoms with Crippen molar-refractivity contribution in [2.24, 2.45) is 17.3 Å². The van der Waals surface area contributed by atoms with E-state index in [0.29, 0.717) is 12.1 Å². The molecule has 0 aliphatic heterocycles. The third kappa shape index (κ3) is 5.13. The van der Waals surface area contributed by atoms with Crippen LogP contribution in [0.3, 0.4) is 0 Å². The maximum atomic E-state index is 13.9. The second-order valence-electron chi connectivity index (χ2n) is 7.60. The van der Waals surface area contributed by atoms with Gasteiger partial charge in [0.25, 0.3) is 0 Å². The van der Waals surface area contributed by atoms with Crippen LogP contribution in [0.2, 0.25) is 0 Å². The lowest BCUT2D eigenvalue weighted by atomic mass is 10.1. The highest BCUT2D eigenvalue weighted by atomic mass is 79.9. The maximum absolute atomic E-state index is 13.9. The van der Waals surface area contributed by atoms with E-state index in [9.17, 15) is 23.2 Å². The van der Waals surface area contributed by atoms with Gasteiger partial charge in [-0.25, -0.2) is 13.2 Å². The second-order valence-corrected chi connectivity index (χ2v) is 10.4. The fourth-order valence-electron chi connectivity index (χ4n) is 3.42. The molecule has 1 aliphatic carbocycles. The summed E-state index contributed by atoms with van der Waals surface area (Å²) in [5.74, 6) is -5.29. The number of nitrogens with zero attached hydrogens (tertiary/aromatic N) is 1. The van der Waals surface area contributed by atoms with Gasteiger partial charge in [-0.05, 0) is 55.3 Å². The summed E-state index contributed by atoms with van der Waals surface area (Å²) in [5, 5.41) is 9.51. The van der Waals surface area contributed by atoms with Crippen LogP contribution in [-0.4, -0.2) is 5.97 Å². The quantitative estimate of drug-likeness (QED) is 0.361. The third-order valence-corrected chi connectivity index (χ3v) is 5.69. The van der Waals surface area contributed by atoms with Gasteiger partial charge in [0.1, 0.15) is 17.6 Å². The van der Waals surface area contributed by atoms with Crippen molar-refractivity contribution < 1.29 is 27.4 Å². The molecular formula is C22H16Br2F3NO3. The lowest BCUT2D eigenvalue weighted by molar-refractivity contribution is -0.149. The van der Waals surface area contributed by atoms with Gasteiger partial charge in [0.15, 0.2) is 17.4 Å². The summed E-state index contributed by atoms with van der Waals surface area (Å²) in [5.41, 5.74) is -0.0598. The summed E-state index contributed by atoms with van der Waals surface area (Å²) in [6.07, 6.45) is 0.612. The van der Waals surface area contributed by atoms with Crippen molar-refractivity contribution in [2.75, 3.05) is 0 Å². The maximum Gasteiger partial charge on any atom is 0.311 e. The van der Waals surface area contributed by atoms with Crippen molar-refractivity contribution in [3.63, 3.8) is 0 Å². The molecule has 31 heavy (non-hydrogen) atoms. The molecule has 0 heterocycles. The molecule has 3 atom stereocenters. The van der Waals surface area contributed by atoms with Crippen molar-refractivity contribution in [1.82, 2.24) is 0 Å². The van der Waals surface area contributed by atoms with Gasteiger partial charge in [-0.2, -0.15) is 5.26 Å². The number of rotatable bonds is 6. The minimum absolute atomic E-state index is 0.00557. The Morgan fingerprint density at radius 1 is 1.19 bits per heavy atom. The number of hydrogen-bond acceptors (Lipinski definition) is 4. The van der Waals surface area contributed by atoms with Crippen LogP contribution >= 0.6 is 31.9 Å². The standard InChI is InChI=1S/C22H16Br2F3NO3/c1-22(2)14(9-18(23)24)19(22)21(29)31-17(10-28)11-4-3-5-13(6-11)30-20-15(26)7-12(25)8-16(20)27/h3-9,14,17,19H,1-2H3/t14-,17?,19-/m0/s1. The molecule has 0 N–H and O–H groups in total. The van der Waals surface area contributed by atoms with Crippen LogP contribution in [0, 0.1) is 46.0 Å². The van der Waals surface area contributed by atoms with Crippen LogP contribution in [0.1, 0.15) is 25.5 Å². The van der Waals surface area contributed by atoms with Crippen LogP contribution in [0.15, 0.2) is 45.9 Å². The molecule has 0 bridgehead atoms. The van der Waals surface area contributed by atoms with E-state index < -0.39 is 41.2 Å². The monoisotopic (exact) mass is 557 g/mol. The minimum atomic E-state index is -1.24. The molecule has 9 heteroatoms. The lowest BCUT2D eigenvalue weighted by Gasteiger charge is -2.14. The zero-order valence-electron chi connectivity index (χ0n) is 16.3. The molecule has 0 radical (unpaired) electrons. The molecule has 2 aromatic carbocycles. The predicted molar refractivity (Wildman–Crippen MR) is 114 cm³/mol. The number of ether oxygens (including phenoxy) is 2. The topological polar surface area (TPSA) is 59.3 Å². The number of hydrogen-bond donors (Lipinski definition) is 0. The summed E-state index contributed by atoms with van der Waals surface area (Å²) in [6.45, 7) is 3.84. The summed E-state index contributed by atoms with van der Waals surface area (Å²) in [6, 6.07) is 8.63. The Morgan fingerprint density at radius 3 is 2.42 bits per heavy atom. The van der Waals surface area contributed by atoms with Gasteiger partial charge in [0, 0.05) is 17.7 Å². The molecule has 2 aromatic rings. The molecular weight excluding hydrogens is 543 g/mol. The number of halogens is 5. The van der Waals surface area contributed by atoms with Gasteiger partial charge in [0.05, 0.1) is 9.31 Å². The molecule has 0 saturated heterocycles. The number of esters is 1. The average molecular weight is 559 g/mol. The molecule has 3 rings (SSSR count). The van der Waals surface area contributed by atoms with Gasteiger partial charge >= 0.3 is 5.97 Å². The van der Waals surface area contributed by atoms with E-state index in [0.717, 1.165) is 3.39 Å². The molecule has 1 saturated carbocycles. The predicted octanol–water partition coefficient (Wildman–Crippen LogP) is 6.91. The Kier molecular flexibility index (Phi) is 6.82. The molecule has 0 aromatic heterocycles. The van der Waals surface area contributed by atoms with Crippen molar-refractivity contribution in [2.45, 2.75) is 20.0 Å². The highest BCUT2D eigenvalue weighted by Crippen LogP contribution is 2.60. The Labute approximate surface area is 193 Å². The Bertz CT molecular complexity index is 1070. The first-order chi connectivity index (χ1) is 14.5. The van der Waals surface area contributed by atoms with Crippen molar-refractivity contribution in [1.29, 1.82) is 5.26 Å². The van der Waals surface area contributed by atoms with Crippen molar-refractivity contribution >= 4 is 37.8 Å². The Hall–Kier alpha value is -2.31. The van der Waals surface area contributed by atoms with Crippen LogP contribution in [0.25, 0.3) is 0 Å². The first kappa shape index (κ1) is 23.4. The van der Waals surface area contributed by atoms with E-state index in [4.69, 9.17) is 9.47 Å². The molecule has 0 amide bonds. The van der Waals surface area contributed by atoms with Gasteiger partial charge < -0.3 is 9.47 Å². The highest BCUT2D eigenvalue weighted by Gasteiger charge is 2.61. The van der Waals surface area contributed by atoms with E-state index in [-0.39, 0.29) is 22.6 Å². The van der Waals surface area contributed by atoms with Crippen LogP contribution in [0.5, 0.6) is 11.5 Å². The lowest BCUT2D eigenvalue weighted by Crippen LogP contribution is -2.14. The number of allylic oxidation sites excluding steroid dienone is 1. The number of carbonyl (C=O) groups excluding carboxylic acids is 1. The SMILES string of the molecule is CC1(C)[C@H](C(=O)OC(C#N)c2cccc(Oc3c(F)cc(F)cc3F)c2)[C@@H]1C=C(Br)Br. The zero-order chi connectivity index (χ0) is 22.9. The van der Waals surface area contributed by atoms with E-state index in [1.165, 1.54) is 24.3 Å². The Morgan fingerprint density at radius 2 is 1.84 bits per heavy atom. The summed E-state index contributed by atoms with van der Waals surface area (Å²) < 4.78 is 52.1. The fourth-order valence-corrected chi connectivity index (χ4v) is 3.99. The molecule has 4 nitrogen and oxygen atoms in total. The van der Waals surface area contributed by atoms with E-state index in [1.807, 2.05) is 26.0 Å². The van der Waals surface area contributed by atoms with Gasteiger partial charge in [-0.15, -0.1) is 0 Å². The summed E-state index contributed by atoms with van der Waals surface area (Å²) in [7, 11) is 0. The Balaban J connectivity index is 1.78. The van der Waals surface area contributed by atoms with Crippen LogP contribution in [-0.2, 0) is 9.53 Å². The largest absolute Gasteiger partial charge is 0.451 e. The highest BCUT2D eigenvalue weighted by molar-refractivity contribution is 9.28. The average Bonchev–Trinajstić information content (AvgIpc) is 3.22. The molecule has 0 spiro atoms. The molecule has 1 fully saturated rings. The number of benzene rings is 2. The fraction of sp³-hybridized carbons (Fsp3) is 0.273. The summed E-state index contributed by atoms with van der Waals surface area (Å²) >= 11 is 6.56. The van der Waals surface area contributed by atoms with E-state index in [1.54, 1.807) is 0 Å². The van der Waals surface area contributed by atoms with E-state index >= 15 is 0 Å². The van der Waals surface area contributed by atoms with Crippen LogP contribution in [0.4, 0.5) is 13.2 Å². The number of nitriles is 1. The minimum Gasteiger partial charge on any atom is -0.451 e.